The average molecular weight is 498 g/mol. The van der Waals surface area contributed by atoms with Crippen LogP contribution in [0.5, 0.6) is 0 Å². The molecule has 0 saturated carbocycles. The molecule has 0 spiro atoms. The fourth-order valence-corrected chi connectivity index (χ4v) is 5.21. The molecule has 0 atom stereocenters. The van der Waals surface area contributed by atoms with Crippen LogP contribution in [0.15, 0.2) is 76.0 Å². The van der Waals surface area contributed by atoms with Gasteiger partial charge in [0.05, 0.1) is 18.0 Å². The molecule has 0 aliphatic heterocycles. The predicted molar refractivity (Wildman–Crippen MR) is 134 cm³/mol. The zero-order valence-electron chi connectivity index (χ0n) is 20.4. The van der Waals surface area contributed by atoms with Crippen molar-refractivity contribution < 1.29 is 22.4 Å². The Morgan fingerprint density at radius 2 is 1.60 bits per heavy atom. The van der Waals surface area contributed by atoms with E-state index in [9.17, 15) is 18.0 Å². The van der Waals surface area contributed by atoms with E-state index in [4.69, 9.17) is 4.42 Å². The highest BCUT2D eigenvalue weighted by Gasteiger charge is 2.31. The first-order chi connectivity index (χ1) is 16.6. The monoisotopic (exact) mass is 497 g/mol. The SMILES string of the molecule is CC(=O)Nc1ccc(S(=O)(=O)N(CC(=O)N(Cc2ccccc2)Cc2ccc(C)o2)C(C)C)cc1. The van der Waals surface area contributed by atoms with Gasteiger partial charge in [-0.2, -0.15) is 4.31 Å². The number of hydrogen-bond acceptors (Lipinski definition) is 5. The van der Waals surface area contributed by atoms with Gasteiger partial charge in [-0.1, -0.05) is 30.3 Å². The Morgan fingerprint density at radius 3 is 2.14 bits per heavy atom. The van der Waals surface area contributed by atoms with Gasteiger partial charge in [-0.3, -0.25) is 9.59 Å². The largest absolute Gasteiger partial charge is 0.464 e. The van der Waals surface area contributed by atoms with Gasteiger partial charge in [0, 0.05) is 25.2 Å². The quantitative estimate of drug-likeness (QED) is 0.453. The van der Waals surface area contributed by atoms with E-state index in [1.807, 2.05) is 49.4 Å². The van der Waals surface area contributed by atoms with Gasteiger partial charge >= 0.3 is 0 Å². The molecule has 1 heterocycles. The maximum absolute atomic E-state index is 13.5. The highest BCUT2D eigenvalue weighted by molar-refractivity contribution is 7.89. The van der Waals surface area contributed by atoms with E-state index in [-0.39, 0.29) is 29.8 Å². The summed E-state index contributed by atoms with van der Waals surface area (Å²) in [6, 6.07) is 18.6. The van der Waals surface area contributed by atoms with Crippen molar-refractivity contribution in [2.45, 2.75) is 51.7 Å². The Labute approximate surface area is 206 Å². The second-order valence-corrected chi connectivity index (χ2v) is 10.5. The molecule has 0 fully saturated rings. The predicted octanol–water partition coefficient (Wildman–Crippen LogP) is 4.17. The molecule has 3 rings (SSSR count). The van der Waals surface area contributed by atoms with Crippen LogP contribution in [0.3, 0.4) is 0 Å². The summed E-state index contributed by atoms with van der Waals surface area (Å²) in [6.07, 6.45) is 0. The molecular weight excluding hydrogens is 466 g/mol. The molecule has 9 heteroatoms. The molecule has 0 radical (unpaired) electrons. The molecule has 8 nitrogen and oxygen atoms in total. The van der Waals surface area contributed by atoms with Crippen LogP contribution < -0.4 is 5.32 Å². The van der Waals surface area contributed by atoms with Crippen LogP contribution in [0.1, 0.15) is 37.9 Å². The van der Waals surface area contributed by atoms with Gasteiger partial charge in [0.2, 0.25) is 21.8 Å². The zero-order chi connectivity index (χ0) is 25.6. The first-order valence-electron chi connectivity index (χ1n) is 11.3. The van der Waals surface area contributed by atoms with Crippen LogP contribution in [-0.2, 0) is 32.7 Å². The van der Waals surface area contributed by atoms with Crippen molar-refractivity contribution in [2.24, 2.45) is 0 Å². The number of rotatable bonds is 10. The zero-order valence-corrected chi connectivity index (χ0v) is 21.2. The van der Waals surface area contributed by atoms with E-state index >= 15 is 0 Å². The molecule has 0 aliphatic carbocycles. The van der Waals surface area contributed by atoms with E-state index in [1.54, 1.807) is 18.7 Å². The number of nitrogens with zero attached hydrogens (tertiary/aromatic N) is 2. The third-order valence-corrected chi connectivity index (χ3v) is 7.40. The standard InChI is InChI=1S/C26H31N3O5S/c1-19(2)29(35(32,33)25-14-11-23(12-15-25)27-21(4)30)18-26(31)28(16-22-8-6-5-7-9-22)17-24-13-10-20(3)34-24/h5-15,19H,16-18H2,1-4H3,(H,27,30). The second kappa shape index (κ2) is 11.3. The highest BCUT2D eigenvalue weighted by Crippen LogP contribution is 2.22. The summed E-state index contributed by atoms with van der Waals surface area (Å²) < 4.78 is 33.7. The number of hydrogen-bond donors (Lipinski definition) is 1. The van der Waals surface area contributed by atoms with Crippen LogP contribution >= 0.6 is 0 Å². The van der Waals surface area contributed by atoms with Crippen LogP contribution in [0.4, 0.5) is 5.69 Å². The van der Waals surface area contributed by atoms with Crippen LogP contribution in [-0.4, -0.2) is 42.0 Å². The Balaban J connectivity index is 1.84. The summed E-state index contributed by atoms with van der Waals surface area (Å²) in [5, 5.41) is 2.61. The molecule has 1 aromatic heterocycles. The molecule has 0 saturated heterocycles. The van der Waals surface area contributed by atoms with Crippen molar-refractivity contribution in [3.63, 3.8) is 0 Å². The lowest BCUT2D eigenvalue weighted by Gasteiger charge is -2.29. The summed E-state index contributed by atoms with van der Waals surface area (Å²) in [6.45, 7) is 6.89. The van der Waals surface area contributed by atoms with Gasteiger partial charge in [0.1, 0.15) is 11.5 Å². The lowest BCUT2D eigenvalue weighted by Crippen LogP contribution is -2.45. The lowest BCUT2D eigenvalue weighted by molar-refractivity contribution is -0.133. The van der Waals surface area contributed by atoms with E-state index in [0.717, 1.165) is 11.3 Å². The number of furan rings is 1. The molecule has 3 aromatic rings. The van der Waals surface area contributed by atoms with Crippen molar-refractivity contribution in [1.82, 2.24) is 9.21 Å². The minimum atomic E-state index is -3.97. The van der Waals surface area contributed by atoms with Gasteiger partial charge < -0.3 is 14.6 Å². The fraction of sp³-hybridized carbons (Fsp3) is 0.308. The van der Waals surface area contributed by atoms with E-state index in [0.29, 0.717) is 18.0 Å². The van der Waals surface area contributed by atoms with Crippen molar-refractivity contribution in [3.05, 3.63) is 83.8 Å². The first-order valence-corrected chi connectivity index (χ1v) is 12.8. The van der Waals surface area contributed by atoms with E-state index in [2.05, 4.69) is 5.32 Å². The summed E-state index contributed by atoms with van der Waals surface area (Å²) in [5.74, 6) is 0.774. The summed E-state index contributed by atoms with van der Waals surface area (Å²) in [4.78, 5) is 26.4. The maximum Gasteiger partial charge on any atom is 0.243 e. The summed E-state index contributed by atoms with van der Waals surface area (Å²) >= 11 is 0. The van der Waals surface area contributed by atoms with E-state index < -0.39 is 16.1 Å². The molecule has 2 aromatic carbocycles. The third-order valence-electron chi connectivity index (χ3n) is 5.36. The molecule has 35 heavy (non-hydrogen) atoms. The number of carbonyl (C=O) groups is 2. The van der Waals surface area contributed by atoms with Crippen molar-refractivity contribution in [1.29, 1.82) is 0 Å². The lowest BCUT2D eigenvalue weighted by atomic mass is 10.2. The third kappa shape index (κ3) is 7.03. The normalized spacial score (nSPS) is 11.6. The smallest absolute Gasteiger partial charge is 0.243 e. The van der Waals surface area contributed by atoms with Crippen LogP contribution in [0, 0.1) is 6.92 Å². The van der Waals surface area contributed by atoms with E-state index in [1.165, 1.54) is 35.5 Å². The van der Waals surface area contributed by atoms with Gasteiger partial charge in [0.25, 0.3) is 0 Å². The number of sulfonamides is 1. The molecule has 1 N–H and O–H groups in total. The number of anilines is 1. The fourth-order valence-electron chi connectivity index (χ4n) is 3.62. The highest BCUT2D eigenvalue weighted by atomic mass is 32.2. The topological polar surface area (TPSA) is 99.9 Å². The van der Waals surface area contributed by atoms with Crippen LogP contribution in [0.25, 0.3) is 0 Å². The number of benzene rings is 2. The van der Waals surface area contributed by atoms with Gasteiger partial charge in [0.15, 0.2) is 0 Å². The van der Waals surface area contributed by atoms with Crippen molar-refractivity contribution in [2.75, 3.05) is 11.9 Å². The van der Waals surface area contributed by atoms with Crippen molar-refractivity contribution >= 4 is 27.5 Å². The molecule has 0 bridgehead atoms. The maximum atomic E-state index is 13.5. The number of nitrogens with one attached hydrogen (secondary N) is 1. The average Bonchev–Trinajstić information content (AvgIpc) is 3.21. The molecule has 0 unspecified atom stereocenters. The van der Waals surface area contributed by atoms with Gasteiger partial charge in [-0.05, 0) is 62.7 Å². The Morgan fingerprint density at radius 1 is 0.943 bits per heavy atom. The molecular formula is C26H31N3O5S. The van der Waals surface area contributed by atoms with Crippen LogP contribution in [0.2, 0.25) is 0 Å². The minimum absolute atomic E-state index is 0.0457. The molecule has 0 aliphatic rings. The number of amides is 2. The van der Waals surface area contributed by atoms with Crippen molar-refractivity contribution in [3.8, 4) is 0 Å². The summed E-state index contributed by atoms with van der Waals surface area (Å²) in [7, 11) is -3.97. The van der Waals surface area contributed by atoms with Gasteiger partial charge in [-0.15, -0.1) is 0 Å². The minimum Gasteiger partial charge on any atom is -0.464 e. The Bertz CT molecular complexity index is 1250. The summed E-state index contributed by atoms with van der Waals surface area (Å²) in [5.41, 5.74) is 1.42. The first kappa shape index (κ1) is 26.2. The van der Waals surface area contributed by atoms with Gasteiger partial charge in [-0.25, -0.2) is 8.42 Å². The number of aryl methyl sites for hydroxylation is 1. The number of carbonyl (C=O) groups excluding carboxylic acids is 2. The Kier molecular flexibility index (Phi) is 8.48. The Hall–Kier alpha value is -3.43. The second-order valence-electron chi connectivity index (χ2n) is 8.60. The molecule has 186 valence electrons. The molecule has 2 amide bonds.